The van der Waals surface area contributed by atoms with Crippen molar-refractivity contribution in [3.63, 3.8) is 0 Å². The Labute approximate surface area is 197 Å². The van der Waals surface area contributed by atoms with Gasteiger partial charge in [0, 0.05) is 17.1 Å². The maximum atomic E-state index is 13.5. The largest absolute Gasteiger partial charge is 0.497 e. The monoisotopic (exact) mass is 475 g/mol. The molecule has 2 heterocycles. The summed E-state index contributed by atoms with van der Waals surface area (Å²) in [7, 11) is 1.54. The molecular weight excluding hydrogens is 457 g/mol. The van der Waals surface area contributed by atoms with E-state index in [-0.39, 0.29) is 23.1 Å². The van der Waals surface area contributed by atoms with Gasteiger partial charge in [-0.25, -0.2) is 9.37 Å². The third-order valence-electron chi connectivity index (χ3n) is 5.14. The minimum Gasteiger partial charge on any atom is -0.497 e. The average Bonchev–Trinajstić information content (AvgIpc) is 3.23. The molecule has 9 heteroatoms. The van der Waals surface area contributed by atoms with Gasteiger partial charge >= 0.3 is 5.56 Å². The Morgan fingerprint density at radius 2 is 1.91 bits per heavy atom. The smallest absolute Gasteiger partial charge is 0.302 e. The third kappa shape index (κ3) is 4.13. The summed E-state index contributed by atoms with van der Waals surface area (Å²) in [5.41, 5.74) is 1.72. The predicted molar refractivity (Wildman–Crippen MR) is 129 cm³/mol. The van der Waals surface area contributed by atoms with Crippen LogP contribution < -0.4 is 15.6 Å². The summed E-state index contributed by atoms with van der Waals surface area (Å²) in [4.78, 5) is 30.8. The minimum atomic E-state index is -0.393. The van der Waals surface area contributed by atoms with Gasteiger partial charge in [-0.3, -0.25) is 14.2 Å². The molecule has 7 nitrogen and oxygen atoms in total. The number of fused-ring (bicyclic) bond motifs is 3. The summed E-state index contributed by atoms with van der Waals surface area (Å²) in [5, 5.41) is 3.75. The van der Waals surface area contributed by atoms with Gasteiger partial charge in [-0.1, -0.05) is 30.0 Å². The predicted octanol–water partition coefficient (Wildman–Crippen LogP) is 5.01. The van der Waals surface area contributed by atoms with Gasteiger partial charge in [-0.2, -0.15) is 0 Å². The number of anilines is 1. The van der Waals surface area contributed by atoms with Crippen LogP contribution in [0.1, 0.15) is 0 Å². The Morgan fingerprint density at radius 3 is 2.71 bits per heavy atom. The van der Waals surface area contributed by atoms with Gasteiger partial charge in [0.15, 0.2) is 5.16 Å². The highest BCUT2D eigenvalue weighted by Crippen LogP contribution is 2.29. The number of methoxy groups -OCH3 is 1. The second-order valence-electron chi connectivity index (χ2n) is 7.36. The molecular formula is C25H18FN3O4S. The van der Waals surface area contributed by atoms with E-state index in [1.165, 1.54) is 35.9 Å². The SMILES string of the molecule is COc1cccc(-n2c(SCC(=O)Nc3ccc(F)cc3)nc3c(oc4ccccc43)c2=O)c1. The Morgan fingerprint density at radius 1 is 1.12 bits per heavy atom. The van der Waals surface area contributed by atoms with Gasteiger partial charge in [0.2, 0.25) is 11.5 Å². The van der Waals surface area contributed by atoms with Crippen LogP contribution in [0.15, 0.2) is 87.2 Å². The Kier molecular flexibility index (Phi) is 5.77. The van der Waals surface area contributed by atoms with E-state index in [1.54, 1.807) is 30.3 Å². The van der Waals surface area contributed by atoms with Crippen molar-refractivity contribution in [1.82, 2.24) is 9.55 Å². The second-order valence-corrected chi connectivity index (χ2v) is 8.30. The highest BCUT2D eigenvalue weighted by molar-refractivity contribution is 7.99. The first kappa shape index (κ1) is 21.7. The number of thioether (sulfide) groups is 1. The van der Waals surface area contributed by atoms with Crippen molar-refractivity contribution in [2.75, 3.05) is 18.2 Å². The van der Waals surface area contributed by atoms with Crippen LogP contribution in [0.5, 0.6) is 5.75 Å². The van der Waals surface area contributed by atoms with E-state index >= 15 is 0 Å². The molecule has 1 N–H and O–H groups in total. The number of halogens is 1. The fourth-order valence-electron chi connectivity index (χ4n) is 3.56. The summed E-state index contributed by atoms with van der Waals surface area (Å²) < 4.78 is 25.7. The quantitative estimate of drug-likeness (QED) is 0.274. The van der Waals surface area contributed by atoms with Crippen molar-refractivity contribution >= 4 is 45.4 Å². The first-order valence-corrected chi connectivity index (χ1v) is 11.3. The van der Waals surface area contributed by atoms with Crippen molar-refractivity contribution < 1.29 is 18.3 Å². The van der Waals surface area contributed by atoms with E-state index in [9.17, 15) is 14.0 Å². The number of hydrogen-bond donors (Lipinski definition) is 1. The topological polar surface area (TPSA) is 86.4 Å². The molecule has 0 spiro atoms. The molecule has 0 saturated heterocycles. The number of carbonyl (C=O) groups excluding carboxylic acids is 1. The molecule has 0 fully saturated rings. The summed E-state index contributed by atoms with van der Waals surface area (Å²) in [6.45, 7) is 0. The Bertz CT molecular complexity index is 1580. The maximum Gasteiger partial charge on any atom is 0.302 e. The molecule has 0 radical (unpaired) electrons. The van der Waals surface area contributed by atoms with Gasteiger partial charge in [0.1, 0.15) is 22.7 Å². The summed E-state index contributed by atoms with van der Waals surface area (Å²) in [6, 6.07) is 19.8. The highest BCUT2D eigenvalue weighted by Gasteiger charge is 2.20. The van der Waals surface area contributed by atoms with E-state index < -0.39 is 5.56 Å². The van der Waals surface area contributed by atoms with E-state index in [0.717, 1.165) is 11.8 Å². The van der Waals surface area contributed by atoms with Crippen LogP contribution in [0.25, 0.3) is 27.8 Å². The van der Waals surface area contributed by atoms with E-state index in [0.29, 0.717) is 38.8 Å². The van der Waals surface area contributed by atoms with Crippen LogP contribution in [-0.4, -0.2) is 28.3 Å². The zero-order valence-electron chi connectivity index (χ0n) is 17.9. The third-order valence-corrected chi connectivity index (χ3v) is 6.08. The fourth-order valence-corrected chi connectivity index (χ4v) is 4.36. The maximum absolute atomic E-state index is 13.5. The molecule has 0 aliphatic carbocycles. The lowest BCUT2D eigenvalue weighted by Gasteiger charge is -2.12. The molecule has 3 aromatic carbocycles. The molecule has 5 rings (SSSR count). The number of aromatic nitrogens is 2. The number of amides is 1. The number of nitrogens with zero attached hydrogens (tertiary/aromatic N) is 2. The molecule has 5 aromatic rings. The van der Waals surface area contributed by atoms with Crippen LogP contribution in [0.2, 0.25) is 0 Å². The lowest BCUT2D eigenvalue weighted by atomic mass is 10.2. The standard InChI is InChI=1S/C25H18FN3O4S/c1-32-18-6-4-5-17(13-18)29-24(31)23-22(19-7-2-3-8-20(19)33-23)28-25(29)34-14-21(30)27-16-11-9-15(26)10-12-16/h2-13H,14H2,1H3,(H,27,30). The molecule has 170 valence electrons. The van der Waals surface area contributed by atoms with Gasteiger partial charge in [0.25, 0.3) is 0 Å². The lowest BCUT2D eigenvalue weighted by Crippen LogP contribution is -2.22. The van der Waals surface area contributed by atoms with E-state index in [2.05, 4.69) is 5.32 Å². The highest BCUT2D eigenvalue weighted by atomic mass is 32.2. The van der Waals surface area contributed by atoms with Gasteiger partial charge in [-0.15, -0.1) is 0 Å². The van der Waals surface area contributed by atoms with E-state index in [1.807, 2.05) is 18.2 Å². The first-order valence-electron chi connectivity index (χ1n) is 10.3. The number of benzene rings is 3. The van der Waals surface area contributed by atoms with Crippen molar-refractivity contribution in [2.24, 2.45) is 0 Å². The molecule has 0 aliphatic rings. The number of nitrogens with one attached hydrogen (secondary N) is 1. The zero-order chi connectivity index (χ0) is 23.7. The number of rotatable bonds is 6. The van der Waals surface area contributed by atoms with Crippen LogP contribution in [-0.2, 0) is 4.79 Å². The molecule has 2 aromatic heterocycles. The molecule has 0 unspecified atom stereocenters. The zero-order valence-corrected chi connectivity index (χ0v) is 18.8. The minimum absolute atomic E-state index is 0.0188. The normalized spacial score (nSPS) is 11.1. The molecule has 1 amide bonds. The van der Waals surface area contributed by atoms with Crippen LogP contribution in [0.3, 0.4) is 0 Å². The fraction of sp³-hybridized carbons (Fsp3) is 0.0800. The van der Waals surface area contributed by atoms with Gasteiger partial charge in [0.05, 0.1) is 18.6 Å². The molecule has 34 heavy (non-hydrogen) atoms. The van der Waals surface area contributed by atoms with Crippen LogP contribution >= 0.6 is 11.8 Å². The second kappa shape index (κ2) is 9.03. The Hall–Kier alpha value is -4.11. The molecule has 0 aliphatic heterocycles. The van der Waals surface area contributed by atoms with Crippen LogP contribution in [0.4, 0.5) is 10.1 Å². The van der Waals surface area contributed by atoms with Gasteiger partial charge < -0.3 is 14.5 Å². The summed E-state index contributed by atoms with van der Waals surface area (Å²) in [6.07, 6.45) is 0. The van der Waals surface area contributed by atoms with Crippen LogP contribution in [0, 0.1) is 5.82 Å². The average molecular weight is 476 g/mol. The number of furan rings is 1. The Balaban J connectivity index is 1.56. The summed E-state index contributed by atoms with van der Waals surface area (Å²) in [5.74, 6) is -0.159. The number of hydrogen-bond acceptors (Lipinski definition) is 6. The van der Waals surface area contributed by atoms with Gasteiger partial charge in [-0.05, 0) is 48.5 Å². The van der Waals surface area contributed by atoms with Crippen molar-refractivity contribution in [3.8, 4) is 11.4 Å². The molecule has 0 saturated carbocycles. The van der Waals surface area contributed by atoms with Crippen molar-refractivity contribution in [3.05, 3.63) is 89.0 Å². The molecule has 0 bridgehead atoms. The van der Waals surface area contributed by atoms with Crippen molar-refractivity contribution in [2.45, 2.75) is 5.16 Å². The molecule has 0 atom stereocenters. The lowest BCUT2D eigenvalue weighted by molar-refractivity contribution is -0.113. The summed E-state index contributed by atoms with van der Waals surface area (Å²) >= 11 is 1.11. The van der Waals surface area contributed by atoms with E-state index in [4.69, 9.17) is 14.1 Å². The first-order chi connectivity index (χ1) is 16.5. The number of carbonyl (C=O) groups is 1. The number of ether oxygens (including phenoxy) is 1. The van der Waals surface area contributed by atoms with Crippen molar-refractivity contribution in [1.29, 1.82) is 0 Å². The number of para-hydroxylation sites is 1.